The first-order valence-corrected chi connectivity index (χ1v) is 15.4. The van der Waals surface area contributed by atoms with Gasteiger partial charge in [-0.25, -0.2) is 13.4 Å². The normalized spacial score (nSPS) is 14.6. The van der Waals surface area contributed by atoms with E-state index >= 15 is 0 Å². The van der Waals surface area contributed by atoms with Crippen molar-refractivity contribution in [3.8, 4) is 22.8 Å². The van der Waals surface area contributed by atoms with Gasteiger partial charge in [-0.1, -0.05) is 29.8 Å². The van der Waals surface area contributed by atoms with E-state index in [0.717, 1.165) is 46.6 Å². The van der Waals surface area contributed by atoms with Crippen LogP contribution in [0.15, 0.2) is 82.0 Å². The van der Waals surface area contributed by atoms with Crippen molar-refractivity contribution >= 4 is 38.6 Å². The van der Waals surface area contributed by atoms with Crippen LogP contribution in [0.25, 0.3) is 11.3 Å². The van der Waals surface area contributed by atoms with E-state index in [4.69, 9.17) is 26.1 Å². The molecule has 204 valence electrons. The van der Waals surface area contributed by atoms with Gasteiger partial charge >= 0.3 is 0 Å². The molecule has 39 heavy (non-hydrogen) atoms. The number of aromatic nitrogens is 1. The van der Waals surface area contributed by atoms with Gasteiger partial charge in [0, 0.05) is 30.0 Å². The molecule has 0 aliphatic carbocycles. The van der Waals surface area contributed by atoms with E-state index in [9.17, 15) is 8.42 Å². The zero-order chi connectivity index (χ0) is 27.4. The molecule has 7 nitrogen and oxygen atoms in total. The van der Waals surface area contributed by atoms with Crippen LogP contribution in [0.1, 0.15) is 18.4 Å². The highest BCUT2D eigenvalue weighted by Crippen LogP contribution is 2.29. The van der Waals surface area contributed by atoms with Gasteiger partial charge in [-0.15, -0.1) is 11.3 Å². The van der Waals surface area contributed by atoms with Crippen LogP contribution in [0.4, 0.5) is 5.69 Å². The lowest BCUT2D eigenvalue weighted by Crippen LogP contribution is -2.27. The quantitative estimate of drug-likeness (QED) is 0.237. The molecule has 0 atom stereocenters. The van der Waals surface area contributed by atoms with E-state index in [-0.39, 0.29) is 0 Å². The summed E-state index contributed by atoms with van der Waals surface area (Å²) in [5, 5.41) is 2.72. The van der Waals surface area contributed by atoms with E-state index in [1.165, 1.54) is 0 Å². The number of rotatable bonds is 9. The first-order chi connectivity index (χ1) is 18.9. The molecule has 1 aliphatic heterocycles. The minimum Gasteiger partial charge on any atom is -0.493 e. The summed E-state index contributed by atoms with van der Waals surface area (Å²) >= 11 is 7.61. The van der Waals surface area contributed by atoms with E-state index in [0.29, 0.717) is 41.1 Å². The third kappa shape index (κ3) is 6.06. The van der Waals surface area contributed by atoms with E-state index in [1.54, 1.807) is 42.0 Å². The van der Waals surface area contributed by atoms with Gasteiger partial charge in [0.05, 0.1) is 30.5 Å². The molecule has 0 unspecified atom stereocenters. The molecular weight excluding hydrogens is 554 g/mol. The standard InChI is InChI=1S/C29H30ClN3O4S2/c1-36-27-14-5-21(19-28(27)37-2)15-18-33-26(20-38-29(33)31-24-10-8-23(30)9-11-24)22-6-12-25(13-7-22)39(34,35)32-16-3-4-17-32/h5-14,19-20H,3-4,15-18H2,1-2H3. The average Bonchev–Trinajstić information content (AvgIpc) is 3.64. The number of sulfonamides is 1. The fourth-order valence-electron chi connectivity index (χ4n) is 4.64. The molecule has 0 amide bonds. The van der Waals surface area contributed by atoms with Gasteiger partial charge in [0.2, 0.25) is 10.0 Å². The van der Waals surface area contributed by atoms with Crippen LogP contribution in [0.5, 0.6) is 11.5 Å². The molecule has 1 saturated heterocycles. The third-order valence-electron chi connectivity index (χ3n) is 6.77. The predicted molar refractivity (Wildman–Crippen MR) is 156 cm³/mol. The number of aryl methyl sites for hydroxylation is 1. The smallest absolute Gasteiger partial charge is 0.243 e. The lowest BCUT2D eigenvalue weighted by molar-refractivity contribution is 0.354. The lowest BCUT2D eigenvalue weighted by atomic mass is 10.1. The zero-order valence-corrected chi connectivity index (χ0v) is 24.2. The number of benzene rings is 3. The lowest BCUT2D eigenvalue weighted by Gasteiger charge is -2.16. The molecular formula is C29H30ClN3O4S2. The maximum absolute atomic E-state index is 13.0. The fourth-order valence-corrected chi connectivity index (χ4v) is 7.24. The Labute approximate surface area is 238 Å². The Balaban J connectivity index is 1.49. The van der Waals surface area contributed by atoms with Crippen LogP contribution in [0, 0.1) is 0 Å². The second kappa shape index (κ2) is 12.0. The minimum atomic E-state index is -3.47. The van der Waals surface area contributed by atoms with Crippen molar-refractivity contribution in [3.63, 3.8) is 0 Å². The first kappa shape index (κ1) is 27.5. The largest absolute Gasteiger partial charge is 0.493 e. The molecule has 0 spiro atoms. The highest BCUT2D eigenvalue weighted by atomic mass is 35.5. The summed E-state index contributed by atoms with van der Waals surface area (Å²) in [7, 11) is -0.216. The molecule has 1 aliphatic rings. The van der Waals surface area contributed by atoms with Gasteiger partial charge in [0.15, 0.2) is 16.3 Å². The van der Waals surface area contributed by atoms with Crippen molar-refractivity contribution < 1.29 is 17.9 Å². The summed E-state index contributed by atoms with van der Waals surface area (Å²) in [6.45, 7) is 1.83. The number of hydrogen-bond donors (Lipinski definition) is 0. The van der Waals surface area contributed by atoms with Crippen LogP contribution in [0.2, 0.25) is 5.02 Å². The van der Waals surface area contributed by atoms with Gasteiger partial charge in [0.25, 0.3) is 0 Å². The molecule has 1 aromatic heterocycles. The number of ether oxygens (including phenoxy) is 2. The second-order valence-corrected chi connectivity index (χ2v) is 12.4. The molecule has 2 heterocycles. The topological polar surface area (TPSA) is 73.1 Å². The summed E-state index contributed by atoms with van der Waals surface area (Å²) < 4.78 is 40.6. The van der Waals surface area contributed by atoms with Gasteiger partial charge in [-0.3, -0.25) is 0 Å². The van der Waals surface area contributed by atoms with Crippen molar-refractivity contribution in [1.29, 1.82) is 0 Å². The Kier molecular flexibility index (Phi) is 8.42. The molecule has 4 aromatic rings. The molecule has 0 saturated carbocycles. The molecule has 0 radical (unpaired) electrons. The van der Waals surface area contributed by atoms with E-state index in [2.05, 4.69) is 9.95 Å². The van der Waals surface area contributed by atoms with Crippen molar-refractivity contribution in [3.05, 3.63) is 87.5 Å². The van der Waals surface area contributed by atoms with Crippen molar-refractivity contribution in [2.75, 3.05) is 27.3 Å². The Morgan fingerprint density at radius 2 is 1.62 bits per heavy atom. The summed E-state index contributed by atoms with van der Waals surface area (Å²) in [6.07, 6.45) is 2.55. The number of halogens is 1. The number of hydrogen-bond acceptors (Lipinski definition) is 6. The summed E-state index contributed by atoms with van der Waals surface area (Å²) in [5.41, 5.74) is 3.80. The van der Waals surface area contributed by atoms with Crippen molar-refractivity contribution in [1.82, 2.24) is 8.87 Å². The Morgan fingerprint density at radius 3 is 2.28 bits per heavy atom. The Bertz CT molecular complexity index is 1610. The maximum atomic E-state index is 13.0. The summed E-state index contributed by atoms with van der Waals surface area (Å²) in [6, 6.07) is 20.5. The summed E-state index contributed by atoms with van der Waals surface area (Å²) in [5.74, 6) is 1.37. The molecule has 3 aromatic carbocycles. The first-order valence-electron chi connectivity index (χ1n) is 12.7. The maximum Gasteiger partial charge on any atom is 0.243 e. The number of nitrogens with zero attached hydrogens (tertiary/aromatic N) is 3. The van der Waals surface area contributed by atoms with Gasteiger partial charge < -0.3 is 14.0 Å². The van der Waals surface area contributed by atoms with E-state index < -0.39 is 10.0 Å². The second-order valence-electron chi connectivity index (χ2n) is 9.22. The Hall–Kier alpha value is -3.11. The van der Waals surface area contributed by atoms with Gasteiger partial charge in [-0.05, 0) is 78.9 Å². The SMILES string of the molecule is COc1ccc(CCn2c(-c3ccc(S(=O)(=O)N4CCCC4)cc3)csc2=Nc2ccc(Cl)cc2)cc1OC. The highest BCUT2D eigenvalue weighted by Gasteiger charge is 2.27. The van der Waals surface area contributed by atoms with Crippen LogP contribution in [0.3, 0.4) is 0 Å². The average molecular weight is 584 g/mol. The van der Waals surface area contributed by atoms with Gasteiger partial charge in [-0.2, -0.15) is 4.31 Å². The van der Waals surface area contributed by atoms with Crippen LogP contribution >= 0.6 is 22.9 Å². The highest BCUT2D eigenvalue weighted by molar-refractivity contribution is 7.89. The van der Waals surface area contributed by atoms with Crippen LogP contribution < -0.4 is 14.3 Å². The van der Waals surface area contributed by atoms with Crippen LogP contribution in [-0.2, 0) is 23.0 Å². The van der Waals surface area contributed by atoms with Gasteiger partial charge in [0.1, 0.15) is 0 Å². The Morgan fingerprint density at radius 1 is 0.923 bits per heavy atom. The molecule has 1 fully saturated rings. The monoisotopic (exact) mass is 583 g/mol. The van der Waals surface area contributed by atoms with Crippen molar-refractivity contribution in [2.45, 2.75) is 30.7 Å². The zero-order valence-electron chi connectivity index (χ0n) is 21.8. The van der Waals surface area contributed by atoms with Crippen LogP contribution in [-0.4, -0.2) is 44.6 Å². The summed E-state index contributed by atoms with van der Waals surface area (Å²) in [4.78, 5) is 6.05. The third-order valence-corrected chi connectivity index (χ3v) is 9.80. The minimum absolute atomic E-state index is 0.325. The molecule has 0 bridgehead atoms. The molecule has 5 rings (SSSR count). The fraction of sp³-hybridized carbons (Fsp3) is 0.276. The molecule has 10 heteroatoms. The number of methoxy groups -OCH3 is 2. The number of thiazole rings is 1. The van der Waals surface area contributed by atoms with E-state index in [1.807, 2.05) is 54.6 Å². The predicted octanol–water partition coefficient (Wildman–Crippen LogP) is 6.15. The van der Waals surface area contributed by atoms with Crippen molar-refractivity contribution in [2.24, 2.45) is 4.99 Å². The molecule has 0 N–H and O–H groups in total.